The lowest BCUT2D eigenvalue weighted by Crippen LogP contribution is -2.45. The van der Waals surface area contributed by atoms with E-state index in [0.717, 1.165) is 24.7 Å². The minimum atomic E-state index is 0.735. The summed E-state index contributed by atoms with van der Waals surface area (Å²) in [6.45, 7) is 3.38. The van der Waals surface area contributed by atoms with E-state index in [1.54, 1.807) is 0 Å². The van der Waals surface area contributed by atoms with Gasteiger partial charge in [-0.15, -0.1) is 0 Å². The Morgan fingerprint density at radius 3 is 3.00 bits per heavy atom. The van der Waals surface area contributed by atoms with E-state index in [1.807, 2.05) is 7.05 Å². The highest BCUT2D eigenvalue weighted by Crippen LogP contribution is 2.29. The van der Waals surface area contributed by atoms with Crippen molar-refractivity contribution in [3.8, 4) is 0 Å². The molecule has 1 saturated carbocycles. The molecule has 3 heteroatoms. The first kappa shape index (κ1) is 8.48. The van der Waals surface area contributed by atoms with E-state index in [1.165, 1.54) is 19.3 Å². The monoisotopic (exact) mass is 169 g/mol. The first-order chi connectivity index (χ1) is 5.81. The molecule has 2 fully saturated rings. The molecule has 1 saturated heterocycles. The molecule has 3 atom stereocenters. The third kappa shape index (κ3) is 1.37. The van der Waals surface area contributed by atoms with Gasteiger partial charge >= 0.3 is 0 Å². The maximum absolute atomic E-state index is 3.54. The zero-order chi connectivity index (χ0) is 8.55. The number of hydrogen-bond donors (Lipinski definition) is 2. The average molecular weight is 169 g/mol. The Balaban J connectivity index is 2.00. The van der Waals surface area contributed by atoms with Crippen molar-refractivity contribution >= 4 is 0 Å². The van der Waals surface area contributed by atoms with Crippen molar-refractivity contribution in [2.24, 2.45) is 5.92 Å². The number of rotatable bonds is 1. The van der Waals surface area contributed by atoms with Crippen LogP contribution in [-0.4, -0.2) is 30.8 Å². The van der Waals surface area contributed by atoms with Gasteiger partial charge in [0.15, 0.2) is 0 Å². The van der Waals surface area contributed by atoms with Crippen LogP contribution in [0.15, 0.2) is 0 Å². The maximum Gasteiger partial charge on any atom is 0.0627 e. The van der Waals surface area contributed by atoms with Gasteiger partial charge in [-0.25, -0.2) is 5.01 Å². The molecular formula is C9H19N3. The molecule has 1 aliphatic heterocycles. The van der Waals surface area contributed by atoms with Crippen LogP contribution < -0.4 is 10.7 Å². The zero-order valence-electron chi connectivity index (χ0n) is 8.01. The molecule has 2 rings (SSSR count). The molecule has 0 amide bonds. The second-order valence-corrected chi connectivity index (χ2v) is 4.15. The summed E-state index contributed by atoms with van der Waals surface area (Å²) in [5.41, 5.74) is 3.25. The predicted octanol–water partition coefficient (Wildman–Crippen LogP) is 0.541. The number of fused-ring (bicyclic) bond motifs is 1. The molecule has 0 aromatic rings. The fourth-order valence-electron chi connectivity index (χ4n) is 2.51. The van der Waals surface area contributed by atoms with E-state index in [9.17, 15) is 0 Å². The molecule has 2 aliphatic rings. The number of hydrogen-bond acceptors (Lipinski definition) is 3. The Labute approximate surface area is 74.5 Å². The van der Waals surface area contributed by atoms with Gasteiger partial charge in [-0.3, -0.25) is 10.7 Å². The predicted molar refractivity (Wildman–Crippen MR) is 49.5 cm³/mol. The third-order valence-corrected chi connectivity index (χ3v) is 3.29. The second-order valence-electron chi connectivity index (χ2n) is 4.15. The number of nitrogens with zero attached hydrogens (tertiary/aromatic N) is 1. The van der Waals surface area contributed by atoms with Gasteiger partial charge in [0.1, 0.15) is 0 Å². The maximum atomic E-state index is 3.54. The number of hydrazine groups is 1. The van der Waals surface area contributed by atoms with Gasteiger partial charge in [-0.05, 0) is 32.2 Å². The van der Waals surface area contributed by atoms with E-state index in [-0.39, 0.29) is 0 Å². The standard InChI is InChI=1S/C9H19N3/c1-7-3-4-8-9(5-7)12(10-2)6-11-8/h7-11H,3-6H2,1-2H3. The van der Waals surface area contributed by atoms with E-state index in [4.69, 9.17) is 0 Å². The zero-order valence-corrected chi connectivity index (χ0v) is 8.01. The van der Waals surface area contributed by atoms with Crippen LogP contribution >= 0.6 is 0 Å². The van der Waals surface area contributed by atoms with Crippen LogP contribution in [0.3, 0.4) is 0 Å². The summed E-state index contributed by atoms with van der Waals surface area (Å²) in [6.07, 6.45) is 4.09. The highest BCUT2D eigenvalue weighted by molar-refractivity contribution is 4.93. The van der Waals surface area contributed by atoms with Gasteiger partial charge in [0, 0.05) is 12.1 Å². The van der Waals surface area contributed by atoms with E-state index >= 15 is 0 Å². The summed E-state index contributed by atoms with van der Waals surface area (Å²) < 4.78 is 0. The van der Waals surface area contributed by atoms with Gasteiger partial charge in [-0.1, -0.05) is 6.92 Å². The summed E-state index contributed by atoms with van der Waals surface area (Å²) in [6, 6.07) is 1.48. The largest absolute Gasteiger partial charge is 0.299 e. The SMILES string of the molecule is CNN1CNC2CCC(C)CC21. The molecule has 0 bridgehead atoms. The van der Waals surface area contributed by atoms with Gasteiger partial charge in [-0.2, -0.15) is 0 Å². The molecule has 3 nitrogen and oxygen atoms in total. The van der Waals surface area contributed by atoms with Crippen LogP contribution in [0.2, 0.25) is 0 Å². The van der Waals surface area contributed by atoms with E-state index in [0.29, 0.717) is 0 Å². The fourth-order valence-corrected chi connectivity index (χ4v) is 2.51. The third-order valence-electron chi connectivity index (χ3n) is 3.29. The van der Waals surface area contributed by atoms with E-state index < -0.39 is 0 Å². The topological polar surface area (TPSA) is 27.3 Å². The van der Waals surface area contributed by atoms with Crippen molar-refractivity contribution in [3.63, 3.8) is 0 Å². The Bertz CT molecular complexity index is 154. The molecule has 12 heavy (non-hydrogen) atoms. The van der Waals surface area contributed by atoms with Crippen LogP contribution in [0.4, 0.5) is 0 Å². The molecule has 2 N–H and O–H groups in total. The molecule has 3 unspecified atom stereocenters. The lowest BCUT2D eigenvalue weighted by Gasteiger charge is -2.33. The summed E-state index contributed by atoms with van der Waals surface area (Å²) in [7, 11) is 2.02. The average Bonchev–Trinajstić information content (AvgIpc) is 2.46. The number of nitrogens with one attached hydrogen (secondary N) is 2. The molecule has 1 aliphatic carbocycles. The Kier molecular flexibility index (Phi) is 2.35. The lowest BCUT2D eigenvalue weighted by molar-refractivity contribution is 0.136. The van der Waals surface area contributed by atoms with Crippen molar-refractivity contribution < 1.29 is 0 Å². The first-order valence-electron chi connectivity index (χ1n) is 4.98. The minimum absolute atomic E-state index is 0.735. The highest BCUT2D eigenvalue weighted by atomic mass is 15.6. The van der Waals surface area contributed by atoms with E-state index in [2.05, 4.69) is 22.7 Å². The summed E-state index contributed by atoms with van der Waals surface area (Å²) in [5.74, 6) is 0.905. The van der Waals surface area contributed by atoms with Crippen molar-refractivity contribution in [1.82, 2.24) is 15.8 Å². The molecule has 0 aromatic carbocycles. The summed E-state index contributed by atoms with van der Waals surface area (Å²) in [4.78, 5) is 0. The van der Waals surface area contributed by atoms with Crippen molar-refractivity contribution in [3.05, 3.63) is 0 Å². The molecule has 70 valence electrons. The second kappa shape index (κ2) is 3.32. The smallest absolute Gasteiger partial charge is 0.0627 e. The van der Waals surface area contributed by atoms with Crippen LogP contribution in [0.1, 0.15) is 26.2 Å². The van der Waals surface area contributed by atoms with Crippen LogP contribution in [0.5, 0.6) is 0 Å². The Hall–Kier alpha value is -0.120. The van der Waals surface area contributed by atoms with Gasteiger partial charge in [0.05, 0.1) is 6.67 Å². The molecule has 0 spiro atoms. The molecule has 0 aromatic heterocycles. The van der Waals surface area contributed by atoms with Gasteiger partial charge in [0.25, 0.3) is 0 Å². The van der Waals surface area contributed by atoms with Crippen molar-refractivity contribution in [2.75, 3.05) is 13.7 Å². The molecular weight excluding hydrogens is 150 g/mol. The minimum Gasteiger partial charge on any atom is -0.299 e. The van der Waals surface area contributed by atoms with Crippen LogP contribution in [0, 0.1) is 5.92 Å². The van der Waals surface area contributed by atoms with Crippen LogP contribution in [-0.2, 0) is 0 Å². The molecule has 0 radical (unpaired) electrons. The fraction of sp³-hybridized carbons (Fsp3) is 1.00. The van der Waals surface area contributed by atoms with Crippen molar-refractivity contribution in [2.45, 2.75) is 38.3 Å². The van der Waals surface area contributed by atoms with Crippen molar-refractivity contribution in [1.29, 1.82) is 0 Å². The lowest BCUT2D eigenvalue weighted by atomic mass is 9.84. The summed E-state index contributed by atoms with van der Waals surface area (Å²) in [5, 5.41) is 5.88. The quantitative estimate of drug-likeness (QED) is 0.600. The summed E-state index contributed by atoms with van der Waals surface area (Å²) >= 11 is 0. The molecule has 1 heterocycles. The van der Waals surface area contributed by atoms with Gasteiger partial charge < -0.3 is 0 Å². The first-order valence-corrected chi connectivity index (χ1v) is 4.98. The van der Waals surface area contributed by atoms with Crippen LogP contribution in [0.25, 0.3) is 0 Å². The normalized spacial score (nSPS) is 43.0. The highest BCUT2D eigenvalue weighted by Gasteiger charge is 2.36. The van der Waals surface area contributed by atoms with Gasteiger partial charge in [0.2, 0.25) is 0 Å². The Morgan fingerprint density at radius 1 is 1.42 bits per heavy atom. The Morgan fingerprint density at radius 2 is 2.25 bits per heavy atom.